The van der Waals surface area contributed by atoms with Gasteiger partial charge in [-0.2, -0.15) is 5.26 Å². The highest BCUT2D eigenvalue weighted by atomic mass is 35.5. The van der Waals surface area contributed by atoms with Crippen LogP contribution in [0, 0.1) is 11.3 Å². The third-order valence-electron chi connectivity index (χ3n) is 2.69. The summed E-state index contributed by atoms with van der Waals surface area (Å²) in [6, 6.07) is 6.26. The Balaban J connectivity index is 2.87. The van der Waals surface area contributed by atoms with E-state index in [0.717, 1.165) is 17.4 Å². The number of nitrogens with zero attached hydrogens (tertiary/aromatic N) is 2. The third-order valence-corrected chi connectivity index (χ3v) is 4.00. The Hall–Kier alpha value is -0.600. The summed E-state index contributed by atoms with van der Waals surface area (Å²) in [4.78, 5) is 3.40. The predicted molar refractivity (Wildman–Crippen MR) is 73.2 cm³/mol. The Labute approximate surface area is 112 Å². The molecule has 0 saturated carbocycles. The van der Waals surface area contributed by atoms with E-state index in [9.17, 15) is 0 Å². The van der Waals surface area contributed by atoms with Crippen molar-refractivity contribution in [1.29, 1.82) is 5.26 Å². The SMILES string of the molecule is CCN(CCC#N)C(c1ccc(Cl)s1)C(C)N. The number of rotatable bonds is 6. The Kier molecular flexibility index (Phi) is 5.93. The van der Waals surface area contributed by atoms with Crippen LogP contribution in [0.15, 0.2) is 12.1 Å². The molecule has 0 aliphatic rings. The summed E-state index contributed by atoms with van der Waals surface area (Å²) in [5.41, 5.74) is 6.07. The molecule has 94 valence electrons. The van der Waals surface area contributed by atoms with Crippen LogP contribution in [-0.2, 0) is 0 Å². The van der Waals surface area contributed by atoms with E-state index in [1.165, 1.54) is 4.88 Å². The topological polar surface area (TPSA) is 53.0 Å². The van der Waals surface area contributed by atoms with Crippen molar-refractivity contribution in [2.24, 2.45) is 5.73 Å². The molecular formula is C12H18ClN3S. The maximum Gasteiger partial charge on any atom is 0.0931 e. The number of nitriles is 1. The molecule has 0 aromatic carbocycles. The normalized spacial score (nSPS) is 14.6. The van der Waals surface area contributed by atoms with E-state index in [2.05, 4.69) is 17.9 Å². The molecular weight excluding hydrogens is 254 g/mol. The minimum atomic E-state index is 0.0170. The lowest BCUT2D eigenvalue weighted by molar-refractivity contribution is 0.192. The molecule has 0 radical (unpaired) electrons. The van der Waals surface area contributed by atoms with Crippen molar-refractivity contribution in [1.82, 2.24) is 4.90 Å². The highest BCUT2D eigenvalue weighted by molar-refractivity contribution is 7.16. The lowest BCUT2D eigenvalue weighted by atomic mass is 10.1. The van der Waals surface area contributed by atoms with Gasteiger partial charge < -0.3 is 5.73 Å². The minimum absolute atomic E-state index is 0.0170. The molecule has 3 nitrogen and oxygen atoms in total. The van der Waals surface area contributed by atoms with Crippen LogP contribution in [0.4, 0.5) is 0 Å². The van der Waals surface area contributed by atoms with Gasteiger partial charge in [0.15, 0.2) is 0 Å². The van der Waals surface area contributed by atoms with E-state index >= 15 is 0 Å². The van der Waals surface area contributed by atoms with Crippen molar-refractivity contribution in [3.63, 3.8) is 0 Å². The third kappa shape index (κ3) is 3.97. The Bertz CT molecular complexity index is 383. The molecule has 2 unspecified atom stereocenters. The molecule has 0 amide bonds. The monoisotopic (exact) mass is 271 g/mol. The second-order valence-corrected chi connectivity index (χ2v) is 5.73. The summed E-state index contributed by atoms with van der Waals surface area (Å²) >= 11 is 7.53. The molecule has 0 saturated heterocycles. The highest BCUT2D eigenvalue weighted by Crippen LogP contribution is 2.32. The largest absolute Gasteiger partial charge is 0.326 e. The number of likely N-dealkylation sites (N-methyl/N-ethyl adjacent to an activating group) is 1. The zero-order valence-corrected chi connectivity index (χ0v) is 11.8. The molecule has 0 spiro atoms. The van der Waals surface area contributed by atoms with Gasteiger partial charge in [0.2, 0.25) is 0 Å². The van der Waals surface area contributed by atoms with E-state index in [4.69, 9.17) is 22.6 Å². The van der Waals surface area contributed by atoms with Gasteiger partial charge in [0.05, 0.1) is 16.4 Å². The van der Waals surface area contributed by atoms with E-state index in [-0.39, 0.29) is 12.1 Å². The predicted octanol–water partition coefficient (Wildman–Crippen LogP) is 3.03. The summed E-state index contributed by atoms with van der Waals surface area (Å²) in [7, 11) is 0. The van der Waals surface area contributed by atoms with Crippen molar-refractivity contribution in [2.45, 2.75) is 32.4 Å². The fourth-order valence-corrected chi connectivity index (χ4v) is 3.26. The number of nitrogens with two attached hydrogens (primary N) is 1. The molecule has 1 aromatic rings. The molecule has 1 heterocycles. The first kappa shape index (κ1) is 14.5. The maximum absolute atomic E-state index is 8.68. The lowest BCUT2D eigenvalue weighted by Gasteiger charge is -2.32. The minimum Gasteiger partial charge on any atom is -0.326 e. The van der Waals surface area contributed by atoms with Gasteiger partial charge in [0, 0.05) is 23.9 Å². The second-order valence-electron chi connectivity index (χ2n) is 3.98. The quantitative estimate of drug-likeness (QED) is 0.865. The van der Waals surface area contributed by atoms with E-state index in [0.29, 0.717) is 6.42 Å². The van der Waals surface area contributed by atoms with Gasteiger partial charge in [-0.15, -0.1) is 11.3 Å². The summed E-state index contributed by atoms with van der Waals surface area (Å²) < 4.78 is 0.780. The highest BCUT2D eigenvalue weighted by Gasteiger charge is 2.24. The fraction of sp³-hybridized carbons (Fsp3) is 0.583. The number of thiophene rings is 1. The molecule has 17 heavy (non-hydrogen) atoms. The van der Waals surface area contributed by atoms with Crippen molar-refractivity contribution < 1.29 is 0 Å². The van der Waals surface area contributed by atoms with Crippen LogP contribution in [0.5, 0.6) is 0 Å². The molecule has 0 fully saturated rings. The molecule has 2 N–H and O–H groups in total. The Morgan fingerprint density at radius 2 is 2.29 bits per heavy atom. The van der Waals surface area contributed by atoms with Crippen LogP contribution in [-0.4, -0.2) is 24.0 Å². The van der Waals surface area contributed by atoms with Crippen molar-refractivity contribution in [2.75, 3.05) is 13.1 Å². The smallest absolute Gasteiger partial charge is 0.0931 e. The van der Waals surface area contributed by atoms with Gasteiger partial charge in [-0.3, -0.25) is 4.90 Å². The molecule has 0 aliphatic carbocycles. The molecule has 0 bridgehead atoms. The summed E-state index contributed by atoms with van der Waals surface area (Å²) in [6.07, 6.45) is 0.524. The van der Waals surface area contributed by atoms with Crippen molar-refractivity contribution in [3.05, 3.63) is 21.3 Å². The Morgan fingerprint density at radius 3 is 2.71 bits per heavy atom. The van der Waals surface area contributed by atoms with Crippen LogP contribution in [0.1, 0.15) is 31.2 Å². The van der Waals surface area contributed by atoms with E-state index in [1.807, 2.05) is 19.1 Å². The van der Waals surface area contributed by atoms with Gasteiger partial charge in [-0.25, -0.2) is 0 Å². The Morgan fingerprint density at radius 1 is 1.59 bits per heavy atom. The first-order chi connectivity index (χ1) is 8.10. The van der Waals surface area contributed by atoms with Crippen LogP contribution in [0.2, 0.25) is 4.34 Å². The molecule has 0 aliphatic heterocycles. The number of hydrogen-bond donors (Lipinski definition) is 1. The number of halogens is 1. The van der Waals surface area contributed by atoms with Gasteiger partial charge in [0.1, 0.15) is 0 Å². The zero-order valence-electron chi connectivity index (χ0n) is 10.2. The van der Waals surface area contributed by atoms with Crippen LogP contribution < -0.4 is 5.73 Å². The summed E-state index contributed by atoms with van der Waals surface area (Å²) in [6.45, 7) is 5.70. The van der Waals surface area contributed by atoms with Gasteiger partial charge >= 0.3 is 0 Å². The molecule has 2 atom stereocenters. The number of hydrogen-bond acceptors (Lipinski definition) is 4. The first-order valence-electron chi connectivity index (χ1n) is 5.72. The van der Waals surface area contributed by atoms with Crippen LogP contribution >= 0.6 is 22.9 Å². The van der Waals surface area contributed by atoms with Gasteiger partial charge in [0.25, 0.3) is 0 Å². The molecule has 5 heteroatoms. The van der Waals surface area contributed by atoms with Crippen LogP contribution in [0.25, 0.3) is 0 Å². The average Bonchev–Trinajstić information content (AvgIpc) is 2.69. The standard InChI is InChI=1S/C12H18ClN3S/c1-3-16(8-4-7-14)12(9(2)15)10-5-6-11(13)17-10/h5-6,9,12H,3-4,8,15H2,1-2H3. The fourth-order valence-electron chi connectivity index (χ4n) is 1.95. The van der Waals surface area contributed by atoms with Gasteiger partial charge in [-0.05, 0) is 25.6 Å². The van der Waals surface area contributed by atoms with Crippen LogP contribution in [0.3, 0.4) is 0 Å². The van der Waals surface area contributed by atoms with Gasteiger partial charge in [-0.1, -0.05) is 18.5 Å². The molecule has 1 rings (SSSR count). The lowest BCUT2D eigenvalue weighted by Crippen LogP contribution is -2.39. The summed E-state index contributed by atoms with van der Waals surface area (Å²) in [5, 5.41) is 8.68. The maximum atomic E-state index is 8.68. The zero-order chi connectivity index (χ0) is 12.8. The van der Waals surface area contributed by atoms with E-state index < -0.39 is 0 Å². The summed E-state index contributed by atoms with van der Waals surface area (Å²) in [5.74, 6) is 0. The van der Waals surface area contributed by atoms with Crippen molar-refractivity contribution in [3.8, 4) is 6.07 Å². The molecule has 1 aromatic heterocycles. The first-order valence-corrected chi connectivity index (χ1v) is 6.91. The second kappa shape index (κ2) is 6.97. The average molecular weight is 272 g/mol. The van der Waals surface area contributed by atoms with Crippen molar-refractivity contribution >= 4 is 22.9 Å². The van der Waals surface area contributed by atoms with E-state index in [1.54, 1.807) is 11.3 Å².